The third-order valence-corrected chi connectivity index (χ3v) is 14.4. The third-order valence-electron chi connectivity index (χ3n) is 9.79. The fourth-order valence-corrected chi connectivity index (χ4v) is 12.2. The molecule has 0 bridgehead atoms. The number of aromatic nitrogens is 2. The van der Waals surface area contributed by atoms with Crippen LogP contribution in [0.4, 0.5) is 17.1 Å². The topological polar surface area (TPSA) is 24.3 Å². The van der Waals surface area contributed by atoms with Crippen LogP contribution in [0.2, 0.25) is 0 Å². The molecule has 6 heteroatoms. The number of rotatable bonds is 6. The van der Waals surface area contributed by atoms with E-state index in [0.717, 1.165) is 50.2 Å². The zero-order valence-electron chi connectivity index (χ0n) is 30.3. The van der Waals surface area contributed by atoms with Crippen LogP contribution in [0.25, 0.3) is 27.6 Å². The number of nitrogens with zero attached hydrogens (tertiary/aromatic N) is 4. The minimum Gasteiger partial charge on any atom is -0.355 e. The molecular weight excluding hydrogens is 808 g/mol. The number of benzene rings is 6. The molecule has 8 aromatic rings. The van der Waals surface area contributed by atoms with E-state index in [1.807, 2.05) is 12.1 Å². The van der Waals surface area contributed by atoms with Crippen LogP contribution < -0.4 is 30.5 Å². The maximum atomic E-state index is 8.14. The molecule has 50 heavy (non-hydrogen) atoms. The summed E-state index contributed by atoms with van der Waals surface area (Å²) in [4.78, 5) is 9.34. The summed E-state index contributed by atoms with van der Waals surface area (Å²) in [7, 11) is -0.970. The average molecular weight is 845 g/mol. The quantitative estimate of drug-likeness (QED) is 0.102. The average Bonchev–Trinajstić information content (AvgIpc) is 3.70. The van der Waals surface area contributed by atoms with Gasteiger partial charge >= 0.3 is 21.1 Å². The molecule has 0 atom stereocenters. The Hall–Kier alpha value is -5.22. The third kappa shape index (κ3) is 5.03. The van der Waals surface area contributed by atoms with Gasteiger partial charge in [0.15, 0.2) is 0 Å². The van der Waals surface area contributed by atoms with E-state index in [9.17, 15) is 0 Å². The van der Waals surface area contributed by atoms with Crippen molar-refractivity contribution < 1.29 is 25.2 Å². The minimum atomic E-state index is -3.10. The molecule has 6 aromatic carbocycles. The monoisotopic (exact) mass is 844 g/mol. The second-order valence-electron chi connectivity index (χ2n) is 12.6. The first-order valence-corrected chi connectivity index (χ1v) is 18.5. The summed E-state index contributed by atoms with van der Waals surface area (Å²) in [5.41, 5.74) is 5.41. The molecule has 0 amide bonds. The van der Waals surface area contributed by atoms with E-state index in [1.165, 1.54) is 16.1 Å². The van der Waals surface area contributed by atoms with Crippen molar-refractivity contribution in [3.8, 4) is 5.82 Å². The standard InChI is InChI=1S/C44H34N4Si.Pt/c1-32-26-27-45-44(28-32)48-40-21-10-9-20-38(40)39-25-24-37(30-43(39)48)49(34-15-5-3-6-16-34,35-17-7-4-8-18-35)36-19-13-14-33(29-36)47-31-46(2)41-22-11-12-23-42(41)47;/h3-28H,31H2,1-2H3;/q-2;+2/i1D3;. The SMILES string of the molecule is [2H]C([2H])([2H])c1ccnc(-n2c3[c-]c([Si](c4[c-]c(N5CN(C)c6ccccc65)ccc4)(c4ccccc4)c4ccccc4)ccc3c3ccccc32)c1.[Pt+2]. The molecular formula is C44H34N4PtSi. The van der Waals surface area contributed by atoms with E-state index in [1.54, 1.807) is 18.3 Å². The Bertz CT molecular complexity index is 2550. The first kappa shape index (κ1) is 28.6. The Morgan fingerprint density at radius 1 is 0.660 bits per heavy atom. The van der Waals surface area contributed by atoms with Crippen molar-refractivity contribution in [2.24, 2.45) is 0 Å². The Balaban J connectivity index is 0.00000400. The van der Waals surface area contributed by atoms with Gasteiger partial charge in [-0.05, 0) is 58.5 Å². The van der Waals surface area contributed by atoms with Crippen molar-refractivity contribution in [1.82, 2.24) is 9.55 Å². The molecule has 0 aliphatic carbocycles. The van der Waals surface area contributed by atoms with Gasteiger partial charge in [-0.15, -0.1) is 11.5 Å². The maximum Gasteiger partial charge on any atom is 2.00 e. The molecule has 1 aliphatic heterocycles. The van der Waals surface area contributed by atoms with E-state index < -0.39 is 14.9 Å². The van der Waals surface area contributed by atoms with Gasteiger partial charge in [-0.25, -0.2) is 4.98 Å². The Morgan fingerprint density at radius 3 is 2.10 bits per heavy atom. The number of para-hydroxylation sites is 3. The smallest absolute Gasteiger partial charge is 0.355 e. The number of anilines is 3. The van der Waals surface area contributed by atoms with Crippen LogP contribution in [0.5, 0.6) is 0 Å². The summed E-state index contributed by atoms with van der Waals surface area (Å²) in [6.07, 6.45) is 1.59. The predicted molar refractivity (Wildman–Crippen MR) is 206 cm³/mol. The number of hydrogen-bond acceptors (Lipinski definition) is 3. The summed E-state index contributed by atoms with van der Waals surface area (Å²) in [5.74, 6) is 0.547. The van der Waals surface area contributed by atoms with Crippen LogP contribution in [0.1, 0.15) is 9.68 Å². The summed E-state index contributed by atoms with van der Waals surface area (Å²) in [6, 6.07) is 60.6. The van der Waals surface area contributed by atoms with Crippen LogP contribution in [0.3, 0.4) is 0 Å². The molecule has 2 aromatic heterocycles. The summed E-state index contributed by atoms with van der Waals surface area (Å²) in [5, 5.41) is 6.71. The number of fused-ring (bicyclic) bond motifs is 4. The van der Waals surface area contributed by atoms with Crippen molar-refractivity contribution in [1.29, 1.82) is 0 Å². The molecule has 0 unspecified atom stereocenters. The van der Waals surface area contributed by atoms with E-state index >= 15 is 0 Å². The van der Waals surface area contributed by atoms with Crippen LogP contribution in [0, 0.1) is 19.0 Å². The Kier molecular flexibility index (Phi) is 7.38. The van der Waals surface area contributed by atoms with Crippen molar-refractivity contribution in [3.63, 3.8) is 0 Å². The molecule has 3 heterocycles. The predicted octanol–water partition coefficient (Wildman–Crippen LogP) is 7.01. The molecule has 0 fully saturated rings. The van der Waals surface area contributed by atoms with Crippen LogP contribution in [0.15, 0.2) is 158 Å². The number of pyridine rings is 1. The van der Waals surface area contributed by atoms with Gasteiger partial charge in [-0.3, -0.25) is 0 Å². The molecule has 0 N–H and O–H groups in total. The van der Waals surface area contributed by atoms with E-state index in [4.69, 9.17) is 9.10 Å². The van der Waals surface area contributed by atoms with E-state index in [2.05, 4.69) is 161 Å². The normalized spacial score (nSPS) is 13.8. The van der Waals surface area contributed by atoms with Gasteiger partial charge in [0, 0.05) is 22.9 Å². The van der Waals surface area contributed by atoms with Crippen molar-refractivity contribution in [2.45, 2.75) is 6.85 Å². The van der Waals surface area contributed by atoms with Crippen molar-refractivity contribution in [3.05, 3.63) is 176 Å². The van der Waals surface area contributed by atoms with Gasteiger partial charge < -0.3 is 14.4 Å². The molecule has 9 rings (SSSR count). The minimum absolute atomic E-state index is 0. The second kappa shape index (κ2) is 12.9. The molecule has 4 nitrogen and oxygen atoms in total. The molecule has 0 saturated carbocycles. The first-order chi connectivity index (χ1) is 25.3. The van der Waals surface area contributed by atoms with Crippen molar-refractivity contribution >= 4 is 67.7 Å². The summed E-state index contributed by atoms with van der Waals surface area (Å²) >= 11 is 0. The van der Waals surface area contributed by atoms with Gasteiger partial charge in [0.05, 0.1) is 18.0 Å². The van der Waals surface area contributed by atoms with Crippen LogP contribution >= 0.6 is 0 Å². The molecule has 0 radical (unpaired) electrons. The molecule has 244 valence electrons. The second-order valence-corrected chi connectivity index (χ2v) is 16.3. The van der Waals surface area contributed by atoms with Crippen LogP contribution in [-0.2, 0) is 21.1 Å². The molecule has 0 spiro atoms. The summed E-state index contributed by atoms with van der Waals surface area (Å²) in [6.45, 7) is -1.54. The fourth-order valence-electron chi connectivity index (χ4n) is 7.62. The van der Waals surface area contributed by atoms with Gasteiger partial charge in [-0.1, -0.05) is 102 Å². The van der Waals surface area contributed by atoms with E-state index in [0.29, 0.717) is 5.82 Å². The van der Waals surface area contributed by atoms with Gasteiger partial charge in [0.25, 0.3) is 0 Å². The number of hydrogen-bond donors (Lipinski definition) is 0. The Morgan fingerprint density at radius 2 is 1.34 bits per heavy atom. The zero-order valence-corrected chi connectivity index (χ0v) is 30.6. The zero-order chi connectivity index (χ0) is 35.5. The fraction of sp³-hybridized carbons (Fsp3) is 0.0682. The van der Waals surface area contributed by atoms with Crippen LogP contribution in [-0.4, -0.2) is 31.3 Å². The van der Waals surface area contributed by atoms with Crippen molar-refractivity contribution in [2.75, 3.05) is 23.5 Å². The van der Waals surface area contributed by atoms with Gasteiger partial charge in [0.2, 0.25) is 0 Å². The first-order valence-electron chi connectivity index (χ1n) is 18.0. The van der Waals surface area contributed by atoms with Gasteiger partial charge in [0.1, 0.15) is 13.9 Å². The summed E-state index contributed by atoms with van der Waals surface area (Å²) < 4.78 is 26.5. The van der Waals surface area contributed by atoms with Gasteiger partial charge in [-0.2, -0.15) is 46.8 Å². The Labute approximate surface area is 312 Å². The number of aryl methyl sites for hydroxylation is 1. The molecule has 0 saturated heterocycles. The van der Waals surface area contributed by atoms with E-state index in [-0.39, 0.29) is 26.6 Å². The molecule has 1 aliphatic rings. The largest absolute Gasteiger partial charge is 2.00 e. The maximum absolute atomic E-state index is 8.14.